The van der Waals surface area contributed by atoms with Crippen LogP contribution in [0.2, 0.25) is 0 Å². The first-order valence-corrected chi connectivity index (χ1v) is 14.8. The number of unbranched alkanes of at least 4 members (excludes halogenated alkanes) is 6. The molecule has 0 aliphatic carbocycles. The van der Waals surface area contributed by atoms with Gasteiger partial charge in [-0.05, 0) is 57.8 Å². The van der Waals surface area contributed by atoms with Crippen molar-refractivity contribution in [3.63, 3.8) is 0 Å². The Bertz CT molecular complexity index is 860. The summed E-state index contributed by atoms with van der Waals surface area (Å²) in [6, 6.07) is 0. The van der Waals surface area contributed by atoms with Crippen LogP contribution in [0.1, 0.15) is 90.4 Å². The summed E-state index contributed by atoms with van der Waals surface area (Å²) < 4.78 is 4.45. The van der Waals surface area contributed by atoms with Gasteiger partial charge >= 0.3 is 6.09 Å². The van der Waals surface area contributed by atoms with Gasteiger partial charge in [-0.2, -0.15) is 0 Å². The van der Waals surface area contributed by atoms with Crippen molar-refractivity contribution in [3.05, 3.63) is 0 Å². The maximum Gasteiger partial charge on any atom is 0.406 e. The second kappa shape index (κ2) is 25.0. The third-order valence-electron chi connectivity index (χ3n) is 6.31. The van der Waals surface area contributed by atoms with E-state index in [4.69, 9.17) is 0 Å². The summed E-state index contributed by atoms with van der Waals surface area (Å²) in [5.74, 6) is -2.16. The van der Waals surface area contributed by atoms with Gasteiger partial charge in [0.1, 0.15) is 0 Å². The Hall–Kier alpha value is -3.50. The minimum Gasteiger partial charge on any atom is -0.453 e. The van der Waals surface area contributed by atoms with Crippen molar-refractivity contribution in [2.45, 2.75) is 90.4 Å². The summed E-state index contributed by atoms with van der Waals surface area (Å²) in [4.78, 5) is 69.6. The van der Waals surface area contributed by atoms with Crippen molar-refractivity contribution in [1.82, 2.24) is 31.1 Å². The van der Waals surface area contributed by atoms with Gasteiger partial charge in [0.05, 0.1) is 7.11 Å². The zero-order valence-electron chi connectivity index (χ0n) is 25.5. The van der Waals surface area contributed by atoms with Crippen LogP contribution < -0.4 is 16.0 Å². The molecule has 0 saturated carbocycles. The third kappa shape index (κ3) is 22.7. The van der Waals surface area contributed by atoms with E-state index in [1.807, 2.05) is 0 Å². The van der Waals surface area contributed by atoms with Crippen LogP contribution in [-0.2, 0) is 28.7 Å². The van der Waals surface area contributed by atoms with Crippen LogP contribution in [0.3, 0.4) is 0 Å². The summed E-state index contributed by atoms with van der Waals surface area (Å²) in [6.07, 6.45) is 4.72. The molecule has 0 aliphatic heterocycles. The van der Waals surface area contributed by atoms with Crippen LogP contribution in [0.4, 0.5) is 4.79 Å². The third-order valence-corrected chi connectivity index (χ3v) is 6.31. The minimum absolute atomic E-state index is 0.0522. The van der Waals surface area contributed by atoms with E-state index in [9.17, 15) is 44.4 Å². The molecule has 0 aliphatic rings. The maximum absolute atomic E-state index is 12.0. The predicted molar refractivity (Wildman–Crippen MR) is 153 cm³/mol. The molecule has 0 spiro atoms. The summed E-state index contributed by atoms with van der Waals surface area (Å²) in [6.45, 7) is 2.94. The Labute approximate surface area is 252 Å². The molecule has 0 unspecified atom stereocenters. The molecule has 43 heavy (non-hydrogen) atoms. The first kappa shape index (κ1) is 39.5. The molecule has 248 valence electrons. The van der Waals surface area contributed by atoms with Gasteiger partial charge in [0, 0.05) is 71.9 Å². The highest BCUT2D eigenvalue weighted by Crippen LogP contribution is 2.03. The standard InChI is InChI=1S/C27H50N6O10/c1-22(34)31(40)19-9-3-6-16-28-23(35)12-14-25(37)32(41)20-10-4-7-17-29-24(36)13-15-26(38)33(42)21-11-5-8-18-30-27(39)43-2/h40-42H,3-21H2,1-2H3,(H,28,35)(H,29,36)(H,30,39). The fourth-order valence-corrected chi connectivity index (χ4v) is 3.69. The number of carbonyl (C=O) groups excluding carboxylic acids is 6. The number of methoxy groups -OCH3 is 1. The number of hydroxylamine groups is 6. The monoisotopic (exact) mass is 618 g/mol. The highest BCUT2D eigenvalue weighted by molar-refractivity contribution is 5.83. The molecule has 0 radical (unpaired) electrons. The lowest BCUT2D eigenvalue weighted by atomic mass is 10.2. The van der Waals surface area contributed by atoms with Crippen LogP contribution in [0.15, 0.2) is 0 Å². The highest BCUT2D eigenvalue weighted by Gasteiger charge is 2.14. The van der Waals surface area contributed by atoms with Crippen LogP contribution in [-0.4, -0.2) is 113 Å². The minimum atomic E-state index is -0.561. The number of hydrogen-bond acceptors (Lipinski definition) is 10. The molecular formula is C27H50N6O10. The predicted octanol–water partition coefficient (Wildman–Crippen LogP) is 1.32. The normalized spacial score (nSPS) is 10.4. The Morgan fingerprint density at radius 3 is 1.28 bits per heavy atom. The number of rotatable bonds is 24. The van der Waals surface area contributed by atoms with E-state index >= 15 is 0 Å². The smallest absolute Gasteiger partial charge is 0.406 e. The SMILES string of the molecule is COC(=O)NCCCCCN(O)C(=O)CCC(=O)NCCCCCN(O)C(=O)CCC(=O)NCCCCCN(O)C(C)=O. The fourth-order valence-electron chi connectivity index (χ4n) is 3.69. The second-order valence-electron chi connectivity index (χ2n) is 9.98. The average molecular weight is 619 g/mol. The van der Waals surface area contributed by atoms with Gasteiger partial charge in [-0.1, -0.05) is 0 Å². The van der Waals surface area contributed by atoms with Crippen molar-refractivity contribution >= 4 is 35.6 Å². The first-order chi connectivity index (χ1) is 20.5. The molecule has 0 aromatic heterocycles. The topological polar surface area (TPSA) is 218 Å². The highest BCUT2D eigenvalue weighted by atomic mass is 16.5. The molecule has 6 amide bonds. The molecule has 0 bridgehead atoms. The van der Waals surface area contributed by atoms with Crippen molar-refractivity contribution < 1.29 is 49.1 Å². The van der Waals surface area contributed by atoms with Gasteiger partial charge in [0.15, 0.2) is 0 Å². The summed E-state index contributed by atoms with van der Waals surface area (Å²) in [5.41, 5.74) is 0. The summed E-state index contributed by atoms with van der Waals surface area (Å²) in [5, 5.41) is 38.7. The van der Waals surface area contributed by atoms with Crippen LogP contribution in [0.25, 0.3) is 0 Å². The van der Waals surface area contributed by atoms with E-state index in [0.717, 1.165) is 0 Å². The summed E-state index contributed by atoms with van der Waals surface area (Å²) in [7, 11) is 1.28. The van der Waals surface area contributed by atoms with E-state index in [2.05, 4.69) is 20.7 Å². The van der Waals surface area contributed by atoms with E-state index in [1.165, 1.54) is 14.0 Å². The van der Waals surface area contributed by atoms with Gasteiger partial charge in [-0.25, -0.2) is 20.0 Å². The fraction of sp³-hybridized carbons (Fsp3) is 0.778. The van der Waals surface area contributed by atoms with Gasteiger partial charge < -0.3 is 20.7 Å². The largest absolute Gasteiger partial charge is 0.453 e. The lowest BCUT2D eigenvalue weighted by Crippen LogP contribution is -2.31. The lowest BCUT2D eigenvalue weighted by molar-refractivity contribution is -0.166. The van der Waals surface area contributed by atoms with Crippen molar-refractivity contribution in [3.8, 4) is 0 Å². The Kier molecular flexibility index (Phi) is 23.0. The molecule has 0 atom stereocenters. The lowest BCUT2D eigenvalue weighted by Gasteiger charge is -2.15. The van der Waals surface area contributed by atoms with Crippen LogP contribution >= 0.6 is 0 Å². The molecule has 0 heterocycles. The van der Waals surface area contributed by atoms with Crippen LogP contribution in [0, 0.1) is 0 Å². The zero-order valence-corrected chi connectivity index (χ0v) is 25.5. The van der Waals surface area contributed by atoms with Gasteiger partial charge in [0.2, 0.25) is 29.5 Å². The number of carbonyl (C=O) groups is 6. The maximum atomic E-state index is 12.0. The molecule has 0 rings (SSSR count). The number of nitrogens with zero attached hydrogens (tertiary/aromatic N) is 3. The van der Waals surface area contributed by atoms with E-state index in [1.54, 1.807) is 0 Å². The number of hydrogen-bond donors (Lipinski definition) is 6. The van der Waals surface area contributed by atoms with Crippen molar-refractivity contribution in [2.75, 3.05) is 46.4 Å². The molecule has 6 N–H and O–H groups in total. The van der Waals surface area contributed by atoms with Gasteiger partial charge in [0.25, 0.3) is 0 Å². The van der Waals surface area contributed by atoms with Crippen molar-refractivity contribution in [2.24, 2.45) is 0 Å². The van der Waals surface area contributed by atoms with Crippen molar-refractivity contribution in [1.29, 1.82) is 0 Å². The average Bonchev–Trinajstić information content (AvgIpc) is 2.98. The number of alkyl carbamates (subject to hydrolysis) is 1. The molecular weight excluding hydrogens is 568 g/mol. The Morgan fingerprint density at radius 2 is 0.907 bits per heavy atom. The number of ether oxygens (including phenoxy) is 1. The van der Waals surface area contributed by atoms with E-state index < -0.39 is 23.8 Å². The molecule has 16 heteroatoms. The Morgan fingerprint density at radius 1 is 0.535 bits per heavy atom. The zero-order chi connectivity index (χ0) is 32.5. The van der Waals surface area contributed by atoms with Crippen LogP contribution in [0.5, 0.6) is 0 Å². The summed E-state index contributed by atoms with van der Waals surface area (Å²) >= 11 is 0. The number of amides is 6. The van der Waals surface area contributed by atoms with Gasteiger partial charge in [-0.15, -0.1) is 0 Å². The number of nitrogens with one attached hydrogen (secondary N) is 3. The van der Waals surface area contributed by atoms with E-state index in [-0.39, 0.29) is 57.1 Å². The second-order valence-corrected chi connectivity index (χ2v) is 9.98. The first-order valence-electron chi connectivity index (χ1n) is 14.8. The Balaban J connectivity index is 3.76. The molecule has 0 fully saturated rings. The molecule has 0 saturated heterocycles. The quantitative estimate of drug-likeness (QED) is 0.0518. The van der Waals surface area contributed by atoms with Gasteiger partial charge in [-0.3, -0.25) is 39.6 Å². The molecule has 0 aromatic carbocycles. The molecule has 0 aromatic rings. The molecule has 16 nitrogen and oxygen atoms in total. The van der Waals surface area contributed by atoms with E-state index in [0.29, 0.717) is 92.6 Å².